The van der Waals surface area contributed by atoms with Gasteiger partial charge in [-0.1, -0.05) is 19.1 Å². The highest BCUT2D eigenvalue weighted by atomic mass is 16.6. The molecular weight excluding hydrogens is 164 g/mol. The van der Waals surface area contributed by atoms with Crippen molar-refractivity contribution < 1.29 is 9.84 Å². The Hall–Kier alpha value is -0.600. The van der Waals surface area contributed by atoms with E-state index in [0.29, 0.717) is 6.61 Å². The zero-order chi connectivity index (χ0) is 9.73. The van der Waals surface area contributed by atoms with Gasteiger partial charge in [-0.05, 0) is 25.3 Å². The molecule has 0 saturated carbocycles. The second-order valence-electron chi connectivity index (χ2n) is 3.59. The standard InChI is InChI=1S/C11H18O2/c1-3-4-5-6-7-8-11(12)10(2)9-13-11/h3,7-8,10,12H,1,4-6,9H2,2H3. The number of unbranched alkanes of at least 4 members (excludes halogenated alkanes) is 2. The van der Waals surface area contributed by atoms with Crippen LogP contribution >= 0.6 is 0 Å². The normalized spacial score (nSPS) is 33.2. The first kappa shape index (κ1) is 10.5. The first-order valence-corrected chi connectivity index (χ1v) is 4.84. The van der Waals surface area contributed by atoms with Crippen LogP contribution in [0.5, 0.6) is 0 Å². The minimum Gasteiger partial charge on any atom is -0.362 e. The zero-order valence-electron chi connectivity index (χ0n) is 8.20. The van der Waals surface area contributed by atoms with E-state index < -0.39 is 5.79 Å². The van der Waals surface area contributed by atoms with E-state index in [2.05, 4.69) is 6.58 Å². The number of hydrogen-bond acceptors (Lipinski definition) is 2. The van der Waals surface area contributed by atoms with Crippen LogP contribution in [0.3, 0.4) is 0 Å². The Morgan fingerprint density at radius 1 is 1.62 bits per heavy atom. The van der Waals surface area contributed by atoms with Crippen LogP contribution in [-0.2, 0) is 4.74 Å². The van der Waals surface area contributed by atoms with Crippen LogP contribution in [0.25, 0.3) is 0 Å². The molecule has 0 aromatic heterocycles. The molecule has 0 aromatic rings. The summed E-state index contributed by atoms with van der Waals surface area (Å²) < 4.78 is 5.09. The van der Waals surface area contributed by atoms with Crippen LogP contribution in [0.15, 0.2) is 24.8 Å². The van der Waals surface area contributed by atoms with Crippen LogP contribution < -0.4 is 0 Å². The van der Waals surface area contributed by atoms with Gasteiger partial charge < -0.3 is 9.84 Å². The second kappa shape index (κ2) is 4.58. The number of rotatable bonds is 5. The molecule has 1 aliphatic rings. The molecule has 2 nitrogen and oxygen atoms in total. The molecule has 1 fully saturated rings. The number of aliphatic hydroxyl groups is 1. The molecule has 1 heterocycles. The van der Waals surface area contributed by atoms with E-state index in [-0.39, 0.29) is 5.92 Å². The van der Waals surface area contributed by atoms with Gasteiger partial charge in [0.05, 0.1) is 6.61 Å². The van der Waals surface area contributed by atoms with E-state index in [9.17, 15) is 5.11 Å². The van der Waals surface area contributed by atoms with Crippen molar-refractivity contribution >= 4 is 0 Å². The molecule has 1 N–H and O–H groups in total. The van der Waals surface area contributed by atoms with Gasteiger partial charge in [0.15, 0.2) is 5.79 Å². The first-order valence-electron chi connectivity index (χ1n) is 4.84. The maximum Gasteiger partial charge on any atom is 0.190 e. The van der Waals surface area contributed by atoms with Crippen LogP contribution in [0, 0.1) is 5.92 Å². The SMILES string of the molecule is C=CCCCC=CC1(O)OCC1C. The van der Waals surface area contributed by atoms with Crippen LogP contribution in [0.4, 0.5) is 0 Å². The van der Waals surface area contributed by atoms with Gasteiger partial charge in [0.25, 0.3) is 0 Å². The Balaban J connectivity index is 2.19. The summed E-state index contributed by atoms with van der Waals surface area (Å²) in [5, 5.41) is 9.71. The third kappa shape index (κ3) is 2.68. The maximum absolute atomic E-state index is 9.71. The van der Waals surface area contributed by atoms with Crippen molar-refractivity contribution in [2.75, 3.05) is 6.61 Å². The van der Waals surface area contributed by atoms with E-state index in [1.165, 1.54) is 0 Å². The summed E-state index contributed by atoms with van der Waals surface area (Å²) in [7, 11) is 0. The van der Waals surface area contributed by atoms with E-state index >= 15 is 0 Å². The molecule has 0 amide bonds. The van der Waals surface area contributed by atoms with E-state index in [1.54, 1.807) is 6.08 Å². The molecule has 1 rings (SSSR count). The van der Waals surface area contributed by atoms with Crippen molar-refractivity contribution in [3.63, 3.8) is 0 Å². The molecule has 0 bridgehead atoms. The quantitative estimate of drug-likeness (QED) is 0.522. The highest BCUT2D eigenvalue weighted by molar-refractivity contribution is 5.02. The lowest BCUT2D eigenvalue weighted by molar-refractivity contribution is -0.288. The fourth-order valence-electron chi connectivity index (χ4n) is 1.27. The molecule has 2 atom stereocenters. The Morgan fingerprint density at radius 2 is 2.38 bits per heavy atom. The molecular formula is C11H18O2. The molecule has 0 radical (unpaired) electrons. The molecule has 74 valence electrons. The van der Waals surface area contributed by atoms with Gasteiger partial charge >= 0.3 is 0 Å². The van der Waals surface area contributed by atoms with Crippen molar-refractivity contribution in [2.45, 2.75) is 32.0 Å². The van der Waals surface area contributed by atoms with Crippen molar-refractivity contribution in [3.8, 4) is 0 Å². The van der Waals surface area contributed by atoms with Crippen LogP contribution in [-0.4, -0.2) is 17.5 Å². The summed E-state index contributed by atoms with van der Waals surface area (Å²) in [6.45, 7) is 6.29. The number of allylic oxidation sites excluding steroid dienone is 2. The van der Waals surface area contributed by atoms with Crippen molar-refractivity contribution in [1.82, 2.24) is 0 Å². The molecule has 1 aliphatic heterocycles. The van der Waals surface area contributed by atoms with Gasteiger partial charge in [-0.25, -0.2) is 0 Å². The van der Waals surface area contributed by atoms with E-state index in [0.717, 1.165) is 19.3 Å². The Morgan fingerprint density at radius 3 is 2.85 bits per heavy atom. The molecule has 0 spiro atoms. The highest BCUT2D eigenvalue weighted by Gasteiger charge is 2.41. The predicted octanol–water partition coefficient (Wildman–Crippen LogP) is 2.25. The summed E-state index contributed by atoms with van der Waals surface area (Å²) in [6.07, 6.45) is 8.75. The molecule has 2 unspecified atom stereocenters. The lowest BCUT2D eigenvalue weighted by atomic mass is 9.95. The van der Waals surface area contributed by atoms with Gasteiger partial charge in [0.2, 0.25) is 0 Å². The fraction of sp³-hybridized carbons (Fsp3) is 0.636. The Kier molecular flexibility index (Phi) is 3.70. The summed E-state index contributed by atoms with van der Waals surface area (Å²) in [4.78, 5) is 0. The lowest BCUT2D eigenvalue weighted by Gasteiger charge is -2.40. The lowest BCUT2D eigenvalue weighted by Crippen LogP contribution is -2.50. The molecule has 1 saturated heterocycles. The summed E-state index contributed by atoms with van der Waals surface area (Å²) in [5.41, 5.74) is 0. The number of ether oxygens (including phenoxy) is 1. The predicted molar refractivity (Wildman–Crippen MR) is 53.3 cm³/mol. The third-order valence-corrected chi connectivity index (χ3v) is 2.41. The monoisotopic (exact) mass is 182 g/mol. The first-order chi connectivity index (χ1) is 6.19. The summed E-state index contributed by atoms with van der Waals surface area (Å²) in [5.74, 6) is -0.753. The van der Waals surface area contributed by atoms with Crippen LogP contribution in [0.2, 0.25) is 0 Å². The topological polar surface area (TPSA) is 29.5 Å². The zero-order valence-corrected chi connectivity index (χ0v) is 8.20. The highest BCUT2D eigenvalue weighted by Crippen LogP contribution is 2.31. The van der Waals surface area contributed by atoms with Crippen LogP contribution in [0.1, 0.15) is 26.2 Å². The van der Waals surface area contributed by atoms with Gasteiger partial charge in [-0.3, -0.25) is 0 Å². The molecule has 0 aromatic carbocycles. The largest absolute Gasteiger partial charge is 0.362 e. The van der Waals surface area contributed by atoms with Crippen molar-refractivity contribution in [1.29, 1.82) is 0 Å². The van der Waals surface area contributed by atoms with Gasteiger partial charge in [0, 0.05) is 5.92 Å². The Labute approximate surface area is 79.9 Å². The molecule has 2 heteroatoms. The third-order valence-electron chi connectivity index (χ3n) is 2.41. The summed E-state index contributed by atoms with van der Waals surface area (Å²) >= 11 is 0. The smallest absolute Gasteiger partial charge is 0.190 e. The summed E-state index contributed by atoms with van der Waals surface area (Å²) in [6, 6.07) is 0. The average molecular weight is 182 g/mol. The Bertz CT molecular complexity index is 198. The van der Waals surface area contributed by atoms with E-state index in [1.807, 2.05) is 19.1 Å². The molecule has 0 aliphatic carbocycles. The maximum atomic E-state index is 9.71. The minimum atomic E-state index is -0.978. The van der Waals surface area contributed by atoms with E-state index in [4.69, 9.17) is 4.74 Å². The van der Waals surface area contributed by atoms with Gasteiger partial charge in [0.1, 0.15) is 0 Å². The van der Waals surface area contributed by atoms with Gasteiger partial charge in [-0.15, -0.1) is 6.58 Å². The average Bonchev–Trinajstić information content (AvgIpc) is 2.15. The number of hydrogen-bond donors (Lipinski definition) is 1. The van der Waals surface area contributed by atoms with Crippen molar-refractivity contribution in [3.05, 3.63) is 24.8 Å². The minimum absolute atomic E-state index is 0.225. The molecule has 13 heavy (non-hydrogen) atoms. The second-order valence-corrected chi connectivity index (χ2v) is 3.59. The fourth-order valence-corrected chi connectivity index (χ4v) is 1.27. The van der Waals surface area contributed by atoms with Crippen molar-refractivity contribution in [2.24, 2.45) is 5.92 Å². The van der Waals surface area contributed by atoms with Gasteiger partial charge in [-0.2, -0.15) is 0 Å².